The van der Waals surface area contributed by atoms with Crippen LogP contribution in [0.2, 0.25) is 0 Å². The molecule has 0 saturated heterocycles. The van der Waals surface area contributed by atoms with Crippen LogP contribution in [-0.2, 0) is 9.53 Å². The molecule has 112 valence electrons. The summed E-state index contributed by atoms with van der Waals surface area (Å²) in [7, 11) is 1.30. The molecule has 1 aliphatic carbocycles. The van der Waals surface area contributed by atoms with Gasteiger partial charge in [0.25, 0.3) is 0 Å². The summed E-state index contributed by atoms with van der Waals surface area (Å²) in [5, 5.41) is 8.95. The first-order chi connectivity index (χ1) is 9.02. The highest BCUT2D eigenvalue weighted by Gasteiger charge is 2.30. The van der Waals surface area contributed by atoms with Crippen molar-refractivity contribution in [2.24, 2.45) is 5.92 Å². The van der Waals surface area contributed by atoms with Crippen LogP contribution in [0.25, 0.3) is 0 Å². The van der Waals surface area contributed by atoms with E-state index in [1.54, 1.807) is 6.92 Å². The number of aliphatic carboxylic acids is 1. The molecular formula is C14H21NO5. The van der Waals surface area contributed by atoms with Gasteiger partial charge >= 0.3 is 11.9 Å². The Labute approximate surface area is 118 Å². The molecule has 0 radical (unpaired) electrons. The molecule has 0 amide bonds. The molecule has 1 fully saturated rings. The molecule has 6 nitrogen and oxygen atoms in total. The predicted molar refractivity (Wildman–Crippen MR) is 71.6 cm³/mol. The average Bonchev–Trinajstić information content (AvgIpc) is 2.80. The predicted octanol–water partition coefficient (Wildman–Crippen LogP) is 2.76. The SMILES string of the molecule is C.COC(=O)c1nc(C2CCC(C(=O)O)CC2)oc1C. The highest BCUT2D eigenvalue weighted by Crippen LogP contribution is 2.36. The Kier molecular flexibility index (Phi) is 5.30. The van der Waals surface area contributed by atoms with Crippen LogP contribution in [-0.4, -0.2) is 29.1 Å². The third-order valence-corrected chi connectivity index (χ3v) is 3.62. The Morgan fingerprint density at radius 3 is 2.40 bits per heavy atom. The lowest BCUT2D eigenvalue weighted by atomic mass is 9.82. The van der Waals surface area contributed by atoms with E-state index in [9.17, 15) is 9.59 Å². The van der Waals surface area contributed by atoms with Crippen LogP contribution in [0.15, 0.2) is 4.42 Å². The summed E-state index contributed by atoms with van der Waals surface area (Å²) < 4.78 is 10.1. The van der Waals surface area contributed by atoms with Crippen molar-refractivity contribution in [1.82, 2.24) is 4.98 Å². The largest absolute Gasteiger partial charge is 0.481 e. The number of oxazole rings is 1. The molecule has 0 spiro atoms. The average molecular weight is 283 g/mol. The molecule has 1 aromatic rings. The highest BCUT2D eigenvalue weighted by atomic mass is 16.5. The molecule has 0 aliphatic heterocycles. The molecule has 1 aromatic heterocycles. The molecule has 1 aliphatic rings. The number of hydrogen-bond acceptors (Lipinski definition) is 5. The Morgan fingerprint density at radius 2 is 1.90 bits per heavy atom. The van der Waals surface area contributed by atoms with Gasteiger partial charge in [0.2, 0.25) is 0 Å². The van der Waals surface area contributed by atoms with E-state index in [0.717, 1.165) is 12.8 Å². The number of carbonyl (C=O) groups is 2. The number of rotatable bonds is 3. The van der Waals surface area contributed by atoms with Crippen molar-refractivity contribution in [1.29, 1.82) is 0 Å². The lowest BCUT2D eigenvalue weighted by molar-refractivity contribution is -0.142. The first kappa shape index (κ1) is 16.2. The molecule has 0 unspecified atom stereocenters. The van der Waals surface area contributed by atoms with E-state index in [4.69, 9.17) is 9.52 Å². The molecule has 1 N–H and O–H groups in total. The highest BCUT2D eigenvalue weighted by molar-refractivity contribution is 5.88. The van der Waals surface area contributed by atoms with E-state index in [2.05, 4.69) is 9.72 Å². The Morgan fingerprint density at radius 1 is 1.30 bits per heavy atom. The van der Waals surface area contributed by atoms with Crippen molar-refractivity contribution in [2.45, 2.75) is 46.0 Å². The van der Waals surface area contributed by atoms with Crippen LogP contribution in [0.4, 0.5) is 0 Å². The smallest absolute Gasteiger partial charge is 0.360 e. The van der Waals surface area contributed by atoms with Crippen molar-refractivity contribution in [3.63, 3.8) is 0 Å². The van der Waals surface area contributed by atoms with Gasteiger partial charge in [-0.25, -0.2) is 9.78 Å². The van der Waals surface area contributed by atoms with Crippen molar-refractivity contribution < 1.29 is 23.8 Å². The van der Waals surface area contributed by atoms with Crippen LogP contribution in [0.3, 0.4) is 0 Å². The van der Waals surface area contributed by atoms with Gasteiger partial charge in [-0.1, -0.05) is 7.43 Å². The number of methoxy groups -OCH3 is 1. The summed E-state index contributed by atoms with van der Waals surface area (Å²) in [5.41, 5.74) is 0.206. The van der Waals surface area contributed by atoms with Gasteiger partial charge in [-0.15, -0.1) is 0 Å². The molecular weight excluding hydrogens is 262 g/mol. The number of carbonyl (C=O) groups excluding carboxylic acids is 1. The van der Waals surface area contributed by atoms with Gasteiger partial charge in [0.1, 0.15) is 5.76 Å². The standard InChI is InChI=1S/C13H17NO5.CH4/c1-7-10(13(17)18-2)14-11(19-7)8-3-5-9(6-4-8)12(15)16;/h8-9H,3-6H2,1-2H3,(H,15,16);1H4. The fourth-order valence-corrected chi connectivity index (χ4v) is 2.46. The number of ether oxygens (including phenoxy) is 1. The lowest BCUT2D eigenvalue weighted by Gasteiger charge is -2.23. The minimum Gasteiger partial charge on any atom is -0.481 e. The summed E-state index contributed by atoms with van der Waals surface area (Å²) in [6, 6.07) is 0. The Hall–Kier alpha value is -1.85. The Balaban J connectivity index is 0.00000200. The fraction of sp³-hybridized carbons (Fsp3) is 0.643. The number of nitrogens with zero attached hydrogens (tertiary/aromatic N) is 1. The van der Waals surface area contributed by atoms with Crippen LogP contribution < -0.4 is 0 Å². The molecule has 0 atom stereocenters. The lowest BCUT2D eigenvalue weighted by Crippen LogP contribution is -2.20. The van der Waals surface area contributed by atoms with Crippen molar-refractivity contribution >= 4 is 11.9 Å². The van der Waals surface area contributed by atoms with Gasteiger partial charge in [-0.2, -0.15) is 0 Å². The van der Waals surface area contributed by atoms with Crippen LogP contribution in [0.1, 0.15) is 61.2 Å². The van der Waals surface area contributed by atoms with E-state index < -0.39 is 11.9 Å². The molecule has 0 aromatic carbocycles. The number of hydrogen-bond donors (Lipinski definition) is 1. The maximum Gasteiger partial charge on any atom is 0.360 e. The first-order valence-corrected chi connectivity index (χ1v) is 6.31. The fourth-order valence-electron chi connectivity index (χ4n) is 2.46. The van der Waals surface area contributed by atoms with E-state index in [-0.39, 0.29) is 25.0 Å². The van der Waals surface area contributed by atoms with Gasteiger partial charge in [0, 0.05) is 5.92 Å². The number of aromatic nitrogens is 1. The van der Waals surface area contributed by atoms with E-state index in [1.165, 1.54) is 7.11 Å². The summed E-state index contributed by atoms with van der Waals surface area (Å²) >= 11 is 0. The quantitative estimate of drug-likeness (QED) is 0.858. The second-order valence-corrected chi connectivity index (χ2v) is 4.84. The summed E-state index contributed by atoms with van der Waals surface area (Å²) in [6.45, 7) is 1.67. The third kappa shape index (κ3) is 3.18. The number of esters is 1. The second kappa shape index (κ2) is 6.54. The Bertz CT molecular complexity index is 486. The van der Waals surface area contributed by atoms with Gasteiger partial charge in [0.05, 0.1) is 13.0 Å². The zero-order chi connectivity index (χ0) is 14.0. The molecule has 6 heteroatoms. The van der Waals surface area contributed by atoms with E-state index >= 15 is 0 Å². The van der Waals surface area contributed by atoms with E-state index in [1.807, 2.05) is 0 Å². The van der Waals surface area contributed by atoms with Crippen molar-refractivity contribution in [3.05, 3.63) is 17.3 Å². The van der Waals surface area contributed by atoms with Crippen LogP contribution in [0, 0.1) is 12.8 Å². The van der Waals surface area contributed by atoms with Crippen molar-refractivity contribution in [2.75, 3.05) is 7.11 Å². The van der Waals surface area contributed by atoms with Crippen LogP contribution >= 0.6 is 0 Å². The normalized spacial score (nSPS) is 21.9. The summed E-state index contributed by atoms with van der Waals surface area (Å²) in [6.07, 6.45) is 2.68. The first-order valence-electron chi connectivity index (χ1n) is 6.31. The van der Waals surface area contributed by atoms with Gasteiger partial charge in [0.15, 0.2) is 11.6 Å². The molecule has 20 heavy (non-hydrogen) atoms. The summed E-state index contributed by atoms with van der Waals surface area (Å²) in [4.78, 5) is 26.5. The molecule has 0 bridgehead atoms. The van der Waals surface area contributed by atoms with Crippen LogP contribution in [0.5, 0.6) is 0 Å². The third-order valence-electron chi connectivity index (χ3n) is 3.62. The maximum atomic E-state index is 11.4. The van der Waals surface area contributed by atoms with Gasteiger partial charge in [-0.05, 0) is 32.6 Å². The topological polar surface area (TPSA) is 89.6 Å². The number of aryl methyl sites for hydroxylation is 1. The second-order valence-electron chi connectivity index (χ2n) is 4.84. The van der Waals surface area contributed by atoms with Gasteiger partial charge in [-0.3, -0.25) is 4.79 Å². The molecule has 1 saturated carbocycles. The van der Waals surface area contributed by atoms with E-state index in [0.29, 0.717) is 24.5 Å². The zero-order valence-corrected chi connectivity index (χ0v) is 11.0. The maximum absolute atomic E-state index is 11.4. The molecule has 2 rings (SSSR count). The summed E-state index contributed by atoms with van der Waals surface area (Å²) in [5.74, 6) is -0.465. The minimum atomic E-state index is -0.739. The van der Waals surface area contributed by atoms with Crippen molar-refractivity contribution in [3.8, 4) is 0 Å². The monoisotopic (exact) mass is 283 g/mol. The number of carboxylic acid groups (broad SMARTS) is 1. The van der Waals surface area contributed by atoms with Gasteiger partial charge < -0.3 is 14.3 Å². The minimum absolute atomic E-state index is 0. The zero-order valence-electron chi connectivity index (χ0n) is 11.0. The number of carboxylic acids is 1. The molecule has 1 heterocycles.